The van der Waals surface area contributed by atoms with Crippen molar-refractivity contribution in [3.05, 3.63) is 54.3 Å². The number of hydrogen-bond acceptors (Lipinski definition) is 3. The maximum Gasteiger partial charge on any atom is 0.287 e. The third kappa shape index (κ3) is 2.71. The van der Waals surface area contributed by atoms with Crippen molar-refractivity contribution in [1.82, 2.24) is 15.3 Å². The van der Waals surface area contributed by atoms with Crippen molar-refractivity contribution in [2.24, 2.45) is 0 Å². The smallest absolute Gasteiger partial charge is 0.287 e. The third-order valence-corrected chi connectivity index (χ3v) is 3.08. The lowest BCUT2D eigenvalue weighted by Gasteiger charge is -2.01. The van der Waals surface area contributed by atoms with E-state index in [4.69, 9.17) is 4.42 Å². The number of furan rings is 1. The van der Waals surface area contributed by atoms with Crippen molar-refractivity contribution in [3.63, 3.8) is 0 Å². The molecule has 0 spiro atoms. The standard InChI is InChI=1S/C15H15N3O2/c19-15(18-7-3-6-14-16-8-9-17-14)13-10-11-4-1-2-5-12(11)20-13/h1-2,4-5,8-10H,3,6-7H2,(H,16,17)(H,18,19). The number of benzene rings is 1. The van der Waals surface area contributed by atoms with Crippen LogP contribution in [-0.4, -0.2) is 22.4 Å². The summed E-state index contributed by atoms with van der Waals surface area (Å²) in [5.74, 6) is 1.10. The predicted octanol–water partition coefficient (Wildman–Crippen LogP) is 2.52. The topological polar surface area (TPSA) is 70.9 Å². The molecule has 0 saturated heterocycles. The summed E-state index contributed by atoms with van der Waals surface area (Å²) < 4.78 is 5.50. The summed E-state index contributed by atoms with van der Waals surface area (Å²) >= 11 is 0. The van der Waals surface area contributed by atoms with Crippen LogP contribution < -0.4 is 5.32 Å². The van der Waals surface area contributed by atoms with Gasteiger partial charge in [0.2, 0.25) is 0 Å². The van der Waals surface area contributed by atoms with Crippen LogP contribution in [0.15, 0.2) is 47.1 Å². The van der Waals surface area contributed by atoms with Crippen molar-refractivity contribution in [2.75, 3.05) is 6.54 Å². The molecule has 5 nitrogen and oxygen atoms in total. The van der Waals surface area contributed by atoms with E-state index in [0.717, 1.165) is 29.6 Å². The van der Waals surface area contributed by atoms with Gasteiger partial charge < -0.3 is 14.7 Å². The maximum atomic E-state index is 11.9. The van der Waals surface area contributed by atoms with E-state index >= 15 is 0 Å². The molecule has 0 aliphatic carbocycles. The number of H-pyrrole nitrogens is 1. The summed E-state index contributed by atoms with van der Waals surface area (Å²) in [6.45, 7) is 0.594. The van der Waals surface area contributed by atoms with E-state index in [1.165, 1.54) is 0 Å². The molecule has 1 amide bonds. The lowest BCUT2D eigenvalue weighted by Crippen LogP contribution is -2.24. The Hall–Kier alpha value is -2.56. The van der Waals surface area contributed by atoms with E-state index in [1.807, 2.05) is 24.3 Å². The van der Waals surface area contributed by atoms with Crippen molar-refractivity contribution in [3.8, 4) is 0 Å². The zero-order valence-electron chi connectivity index (χ0n) is 10.9. The monoisotopic (exact) mass is 269 g/mol. The van der Waals surface area contributed by atoms with Crippen molar-refractivity contribution >= 4 is 16.9 Å². The van der Waals surface area contributed by atoms with Gasteiger partial charge in [-0.25, -0.2) is 4.98 Å². The Morgan fingerprint density at radius 2 is 2.25 bits per heavy atom. The molecular formula is C15H15N3O2. The molecule has 3 rings (SSSR count). The molecule has 2 heterocycles. The molecule has 0 unspecified atom stereocenters. The highest BCUT2D eigenvalue weighted by Gasteiger charge is 2.11. The Bertz CT molecular complexity index is 668. The van der Waals surface area contributed by atoms with E-state index in [0.29, 0.717) is 12.3 Å². The number of para-hydroxylation sites is 1. The zero-order valence-corrected chi connectivity index (χ0v) is 10.9. The zero-order chi connectivity index (χ0) is 13.8. The fourth-order valence-corrected chi connectivity index (χ4v) is 2.07. The number of aromatic nitrogens is 2. The molecule has 0 aliphatic heterocycles. The second-order valence-corrected chi connectivity index (χ2v) is 4.54. The summed E-state index contributed by atoms with van der Waals surface area (Å²) in [4.78, 5) is 19.1. The Morgan fingerprint density at radius 3 is 3.05 bits per heavy atom. The normalized spacial score (nSPS) is 10.8. The van der Waals surface area contributed by atoms with Crippen molar-refractivity contribution < 1.29 is 9.21 Å². The molecule has 0 atom stereocenters. The van der Waals surface area contributed by atoms with Crippen LogP contribution in [0, 0.1) is 0 Å². The fraction of sp³-hybridized carbons (Fsp3) is 0.200. The van der Waals surface area contributed by atoms with Gasteiger partial charge in [-0.2, -0.15) is 0 Å². The van der Waals surface area contributed by atoms with Crippen LogP contribution in [0.1, 0.15) is 22.8 Å². The quantitative estimate of drug-likeness (QED) is 0.699. The molecule has 2 N–H and O–H groups in total. The molecule has 20 heavy (non-hydrogen) atoms. The number of rotatable bonds is 5. The number of nitrogens with one attached hydrogen (secondary N) is 2. The minimum atomic E-state index is -0.180. The van der Waals surface area contributed by atoms with Gasteiger partial charge in [0.25, 0.3) is 5.91 Å². The van der Waals surface area contributed by atoms with Crippen LogP contribution in [0.25, 0.3) is 11.0 Å². The molecular weight excluding hydrogens is 254 g/mol. The first-order chi connectivity index (χ1) is 9.83. The summed E-state index contributed by atoms with van der Waals surface area (Å²) in [7, 11) is 0. The van der Waals surface area contributed by atoms with Gasteiger partial charge in [-0.3, -0.25) is 4.79 Å². The Labute approximate surface area is 116 Å². The van der Waals surface area contributed by atoms with Gasteiger partial charge in [0.15, 0.2) is 5.76 Å². The molecule has 0 fully saturated rings. The molecule has 3 aromatic rings. The molecule has 0 radical (unpaired) electrons. The summed E-state index contributed by atoms with van der Waals surface area (Å²) in [5.41, 5.74) is 0.730. The fourth-order valence-electron chi connectivity index (χ4n) is 2.07. The first-order valence-corrected chi connectivity index (χ1v) is 6.58. The largest absolute Gasteiger partial charge is 0.451 e. The van der Waals surface area contributed by atoms with E-state index in [1.54, 1.807) is 18.5 Å². The molecule has 1 aromatic carbocycles. The van der Waals surface area contributed by atoms with Crippen LogP contribution in [0.2, 0.25) is 0 Å². The van der Waals surface area contributed by atoms with Gasteiger partial charge in [-0.15, -0.1) is 0 Å². The lowest BCUT2D eigenvalue weighted by molar-refractivity contribution is 0.0927. The van der Waals surface area contributed by atoms with Crippen LogP contribution in [0.3, 0.4) is 0 Å². The Kier molecular flexibility index (Phi) is 3.50. The van der Waals surface area contributed by atoms with E-state index < -0.39 is 0 Å². The first-order valence-electron chi connectivity index (χ1n) is 6.58. The number of nitrogens with zero attached hydrogens (tertiary/aromatic N) is 1. The third-order valence-electron chi connectivity index (χ3n) is 3.08. The summed E-state index contributed by atoms with van der Waals surface area (Å²) in [6.07, 6.45) is 5.16. The van der Waals surface area contributed by atoms with Crippen molar-refractivity contribution in [1.29, 1.82) is 0 Å². The minimum Gasteiger partial charge on any atom is -0.451 e. The summed E-state index contributed by atoms with van der Waals surface area (Å²) in [6, 6.07) is 9.34. The average Bonchev–Trinajstić information content (AvgIpc) is 3.12. The van der Waals surface area contributed by atoms with Crippen LogP contribution in [0.4, 0.5) is 0 Å². The van der Waals surface area contributed by atoms with Gasteiger partial charge in [0.05, 0.1) is 0 Å². The van der Waals surface area contributed by atoms with Crippen molar-refractivity contribution in [2.45, 2.75) is 12.8 Å². The van der Waals surface area contributed by atoms with Gasteiger partial charge in [-0.1, -0.05) is 18.2 Å². The Morgan fingerprint density at radius 1 is 1.35 bits per heavy atom. The average molecular weight is 269 g/mol. The van der Waals surface area contributed by atoms with Crippen LogP contribution in [0.5, 0.6) is 0 Å². The molecule has 2 aromatic heterocycles. The van der Waals surface area contributed by atoms with E-state index in [2.05, 4.69) is 15.3 Å². The second-order valence-electron chi connectivity index (χ2n) is 4.54. The molecule has 0 aliphatic rings. The molecule has 102 valence electrons. The highest BCUT2D eigenvalue weighted by atomic mass is 16.3. The van der Waals surface area contributed by atoms with E-state index in [-0.39, 0.29) is 5.91 Å². The van der Waals surface area contributed by atoms with E-state index in [9.17, 15) is 4.79 Å². The number of imidazole rings is 1. The van der Waals surface area contributed by atoms with Gasteiger partial charge in [0, 0.05) is 30.7 Å². The molecule has 0 bridgehead atoms. The second kappa shape index (κ2) is 5.61. The first kappa shape index (κ1) is 12.5. The van der Waals surface area contributed by atoms with Gasteiger partial charge >= 0.3 is 0 Å². The van der Waals surface area contributed by atoms with Gasteiger partial charge in [-0.05, 0) is 18.6 Å². The Balaban J connectivity index is 1.53. The minimum absolute atomic E-state index is 0.180. The number of aryl methyl sites for hydroxylation is 1. The highest BCUT2D eigenvalue weighted by Crippen LogP contribution is 2.18. The van der Waals surface area contributed by atoms with Gasteiger partial charge in [0.1, 0.15) is 11.4 Å². The number of amides is 1. The lowest BCUT2D eigenvalue weighted by atomic mass is 10.2. The number of fused-ring (bicyclic) bond motifs is 1. The number of aromatic amines is 1. The number of carbonyl (C=O) groups is 1. The number of hydrogen-bond donors (Lipinski definition) is 2. The highest BCUT2D eigenvalue weighted by molar-refractivity contribution is 5.95. The predicted molar refractivity (Wildman–Crippen MR) is 75.5 cm³/mol. The number of carbonyl (C=O) groups excluding carboxylic acids is 1. The maximum absolute atomic E-state index is 11.9. The molecule has 0 saturated carbocycles. The summed E-state index contributed by atoms with van der Waals surface area (Å²) in [5, 5.41) is 3.79. The van der Waals surface area contributed by atoms with Crippen LogP contribution >= 0.6 is 0 Å². The molecule has 5 heteroatoms. The van der Waals surface area contributed by atoms with Crippen LogP contribution in [-0.2, 0) is 6.42 Å². The SMILES string of the molecule is O=C(NCCCc1ncc[nH]1)c1cc2ccccc2o1.